The maximum absolute atomic E-state index is 13.2. The molecule has 2 heterocycles. The zero-order valence-electron chi connectivity index (χ0n) is 20.4. The molecule has 188 valence electrons. The third-order valence-electron chi connectivity index (χ3n) is 5.80. The van der Waals surface area contributed by atoms with Crippen molar-refractivity contribution < 1.29 is 28.7 Å². The number of carbonyl (C=O) groups excluding carboxylic acids is 1. The molecule has 0 aliphatic carbocycles. The first kappa shape index (κ1) is 25.1. The Morgan fingerprint density at radius 1 is 1.11 bits per heavy atom. The second-order valence-corrected chi connectivity index (χ2v) is 8.61. The molecular weight excluding hydrogens is 486 g/mol. The largest absolute Gasteiger partial charge is 0.493 e. The van der Waals surface area contributed by atoms with Gasteiger partial charge in [-0.15, -0.1) is 0 Å². The van der Waals surface area contributed by atoms with Gasteiger partial charge in [0.05, 0.1) is 55.9 Å². The zero-order chi connectivity index (χ0) is 26.0. The van der Waals surface area contributed by atoms with Crippen molar-refractivity contribution in [2.45, 2.75) is 19.9 Å². The molecule has 0 N–H and O–H groups in total. The van der Waals surface area contributed by atoms with Crippen LogP contribution in [0.3, 0.4) is 0 Å². The number of rotatable bonds is 8. The monoisotopic (exact) mass is 511 g/mol. The number of methoxy groups -OCH3 is 3. The number of fused-ring (bicyclic) bond motifs is 1. The molecule has 0 aromatic heterocycles. The van der Waals surface area contributed by atoms with Crippen LogP contribution in [-0.2, 0) is 9.53 Å². The Morgan fingerprint density at radius 3 is 2.28 bits per heavy atom. The van der Waals surface area contributed by atoms with Crippen LogP contribution >= 0.6 is 11.8 Å². The first-order valence-electron chi connectivity index (χ1n) is 11.0. The lowest BCUT2D eigenvalue weighted by Gasteiger charge is -2.36. The lowest BCUT2D eigenvalue weighted by atomic mass is 9.92. The van der Waals surface area contributed by atoms with Crippen LogP contribution in [0.4, 0.5) is 5.69 Å². The molecule has 0 amide bonds. The Labute approximate surface area is 212 Å². The van der Waals surface area contributed by atoms with Gasteiger partial charge in [-0.05, 0) is 49.2 Å². The molecule has 0 saturated heterocycles. The summed E-state index contributed by atoms with van der Waals surface area (Å²) in [6.07, 6.45) is 0. The Morgan fingerprint density at radius 2 is 1.75 bits per heavy atom. The summed E-state index contributed by atoms with van der Waals surface area (Å²) in [5.41, 5.74) is 3.05. The number of hydrogen-bond donors (Lipinski definition) is 0. The number of thioether (sulfide) groups is 1. The van der Waals surface area contributed by atoms with Crippen molar-refractivity contribution in [3.63, 3.8) is 0 Å². The second-order valence-electron chi connectivity index (χ2n) is 7.77. The summed E-state index contributed by atoms with van der Waals surface area (Å²) in [7, 11) is 4.57. The number of nitrogens with zero attached hydrogens (tertiary/aromatic N) is 3. The van der Waals surface area contributed by atoms with Crippen molar-refractivity contribution >= 4 is 34.3 Å². The Kier molecular flexibility index (Phi) is 7.20. The van der Waals surface area contributed by atoms with Crippen molar-refractivity contribution in [1.82, 2.24) is 4.90 Å². The summed E-state index contributed by atoms with van der Waals surface area (Å²) < 4.78 is 22.0. The molecule has 2 aromatic carbocycles. The average molecular weight is 512 g/mol. The van der Waals surface area contributed by atoms with E-state index in [1.165, 1.54) is 45.2 Å². The van der Waals surface area contributed by atoms with Gasteiger partial charge in [0.25, 0.3) is 5.69 Å². The molecule has 0 spiro atoms. The third-order valence-corrected chi connectivity index (χ3v) is 6.64. The fraction of sp³-hybridized carbons (Fsp3) is 0.280. The van der Waals surface area contributed by atoms with E-state index in [1.54, 1.807) is 38.1 Å². The van der Waals surface area contributed by atoms with Gasteiger partial charge in [-0.25, -0.2) is 9.79 Å². The van der Waals surface area contributed by atoms with Crippen LogP contribution in [0.15, 0.2) is 58.1 Å². The quantitative estimate of drug-likeness (QED) is 0.277. The van der Waals surface area contributed by atoms with Gasteiger partial charge < -0.3 is 23.8 Å². The Hall–Kier alpha value is -3.99. The molecule has 0 saturated carbocycles. The number of carbonyl (C=O) groups is 1. The van der Waals surface area contributed by atoms with Crippen LogP contribution < -0.4 is 14.2 Å². The molecule has 11 heteroatoms. The van der Waals surface area contributed by atoms with Crippen LogP contribution in [-0.4, -0.2) is 48.9 Å². The van der Waals surface area contributed by atoms with Crippen LogP contribution in [0.2, 0.25) is 0 Å². The lowest BCUT2D eigenvalue weighted by Crippen LogP contribution is -2.36. The lowest BCUT2D eigenvalue weighted by molar-refractivity contribution is -0.384. The average Bonchev–Trinajstić information content (AvgIpc) is 3.30. The summed E-state index contributed by atoms with van der Waals surface area (Å²) in [5.74, 6) is 0.805. The molecule has 2 aliphatic rings. The van der Waals surface area contributed by atoms with Crippen LogP contribution in [0.5, 0.6) is 17.2 Å². The highest BCUT2D eigenvalue weighted by molar-refractivity contribution is 8.16. The van der Waals surface area contributed by atoms with E-state index < -0.39 is 16.9 Å². The second kappa shape index (κ2) is 10.3. The van der Waals surface area contributed by atoms with E-state index in [2.05, 4.69) is 4.99 Å². The molecule has 36 heavy (non-hydrogen) atoms. The predicted octanol–water partition coefficient (Wildman–Crippen LogP) is 4.92. The highest BCUT2D eigenvalue weighted by atomic mass is 32.2. The summed E-state index contributed by atoms with van der Waals surface area (Å²) in [4.78, 5) is 30.5. The van der Waals surface area contributed by atoms with Crippen LogP contribution in [0.25, 0.3) is 5.70 Å². The fourth-order valence-electron chi connectivity index (χ4n) is 4.19. The molecule has 10 nitrogen and oxygen atoms in total. The van der Waals surface area contributed by atoms with Gasteiger partial charge in [-0.3, -0.25) is 10.1 Å². The first-order valence-corrected chi connectivity index (χ1v) is 11.9. The predicted molar refractivity (Wildman–Crippen MR) is 136 cm³/mol. The minimum Gasteiger partial charge on any atom is -0.493 e. The fourth-order valence-corrected chi connectivity index (χ4v) is 5.16. The van der Waals surface area contributed by atoms with Crippen molar-refractivity contribution in [1.29, 1.82) is 0 Å². The number of nitro benzene ring substituents is 1. The number of hydrogen-bond acceptors (Lipinski definition) is 10. The van der Waals surface area contributed by atoms with E-state index in [-0.39, 0.29) is 12.3 Å². The standard InChI is InChI=1S/C25H25N3O7S/c1-6-35-24(29)21-14(2)26-25-27(18(13-36-25)15-7-9-17(10-8-15)28(30)31)22(21)16-11-19(32-3)23(34-5)20(12-16)33-4/h7-13,22H,6H2,1-5H3/t22-/m0/s1. The molecule has 0 radical (unpaired) electrons. The highest BCUT2D eigenvalue weighted by Crippen LogP contribution is 2.49. The number of aliphatic imine (C=N–C) groups is 1. The van der Waals surface area contributed by atoms with Gasteiger partial charge in [-0.1, -0.05) is 11.8 Å². The molecule has 0 bridgehead atoms. The van der Waals surface area contributed by atoms with E-state index in [0.717, 1.165) is 11.3 Å². The third kappa shape index (κ3) is 4.37. The Balaban J connectivity index is 1.91. The first-order chi connectivity index (χ1) is 17.3. The molecule has 2 aromatic rings. The van der Waals surface area contributed by atoms with Gasteiger partial charge in [0, 0.05) is 17.5 Å². The zero-order valence-corrected chi connectivity index (χ0v) is 21.3. The molecule has 4 rings (SSSR count). The number of amidine groups is 1. The number of benzene rings is 2. The maximum atomic E-state index is 13.2. The van der Waals surface area contributed by atoms with E-state index >= 15 is 0 Å². The van der Waals surface area contributed by atoms with E-state index in [4.69, 9.17) is 18.9 Å². The maximum Gasteiger partial charge on any atom is 0.338 e. The molecule has 0 fully saturated rings. The number of allylic oxidation sites excluding steroid dienone is 1. The summed E-state index contributed by atoms with van der Waals surface area (Å²) >= 11 is 1.40. The molecule has 2 aliphatic heterocycles. The van der Waals surface area contributed by atoms with Gasteiger partial charge in [0.2, 0.25) is 5.75 Å². The number of esters is 1. The van der Waals surface area contributed by atoms with Crippen LogP contribution in [0, 0.1) is 10.1 Å². The van der Waals surface area contributed by atoms with Gasteiger partial charge in [0.1, 0.15) is 0 Å². The number of nitro groups is 1. The van der Waals surface area contributed by atoms with E-state index in [0.29, 0.717) is 39.2 Å². The van der Waals surface area contributed by atoms with Crippen molar-refractivity contribution in [2.75, 3.05) is 27.9 Å². The van der Waals surface area contributed by atoms with Gasteiger partial charge in [-0.2, -0.15) is 0 Å². The summed E-state index contributed by atoms with van der Waals surface area (Å²) in [6, 6.07) is 9.19. The van der Waals surface area contributed by atoms with Crippen molar-refractivity contribution in [3.8, 4) is 17.2 Å². The summed E-state index contributed by atoms with van der Waals surface area (Å²) in [5, 5.41) is 13.7. The SMILES string of the molecule is CCOC(=O)C1=C(C)N=C2SC=C(c3ccc([N+](=O)[O-])cc3)N2[C@H]1c1cc(OC)c(OC)c(OC)c1. The molecular formula is C25H25N3O7S. The Bertz CT molecular complexity index is 1280. The van der Waals surface area contributed by atoms with E-state index in [1.807, 2.05) is 10.3 Å². The topological polar surface area (TPSA) is 113 Å². The van der Waals surface area contributed by atoms with Gasteiger partial charge >= 0.3 is 5.97 Å². The smallest absolute Gasteiger partial charge is 0.338 e. The minimum atomic E-state index is -0.637. The molecule has 0 unspecified atom stereocenters. The van der Waals surface area contributed by atoms with Gasteiger partial charge in [0.15, 0.2) is 16.7 Å². The van der Waals surface area contributed by atoms with Crippen LogP contribution in [0.1, 0.15) is 31.0 Å². The number of non-ortho nitro benzene ring substituents is 1. The highest BCUT2D eigenvalue weighted by Gasteiger charge is 2.42. The number of ether oxygens (including phenoxy) is 4. The van der Waals surface area contributed by atoms with Crippen molar-refractivity contribution in [3.05, 3.63) is 74.3 Å². The summed E-state index contributed by atoms with van der Waals surface area (Å²) in [6.45, 7) is 3.72. The molecule has 1 atom stereocenters. The minimum absolute atomic E-state index is 0.0123. The van der Waals surface area contributed by atoms with Crippen molar-refractivity contribution in [2.24, 2.45) is 4.99 Å². The van der Waals surface area contributed by atoms with E-state index in [9.17, 15) is 14.9 Å². The normalized spacial score (nSPS) is 16.7.